The van der Waals surface area contributed by atoms with Gasteiger partial charge in [0.1, 0.15) is 11.6 Å². The van der Waals surface area contributed by atoms with Crippen LogP contribution in [0.2, 0.25) is 0 Å². The van der Waals surface area contributed by atoms with E-state index in [0.717, 1.165) is 11.6 Å². The van der Waals surface area contributed by atoms with Crippen molar-refractivity contribution in [1.29, 1.82) is 0 Å². The number of hydrogen-bond donors (Lipinski definition) is 2. The molecule has 1 aliphatic heterocycles. The van der Waals surface area contributed by atoms with Crippen molar-refractivity contribution < 1.29 is 33.2 Å². The summed E-state index contributed by atoms with van der Waals surface area (Å²) in [5.74, 6) is -3.41. The third-order valence-corrected chi connectivity index (χ3v) is 6.20. The number of aromatic nitrogens is 1. The number of carbonyl (C=O) groups excluding carboxylic acids is 3. The molecule has 2 atom stereocenters. The molecule has 11 heteroatoms. The summed E-state index contributed by atoms with van der Waals surface area (Å²) in [6, 6.07) is 12.6. The number of amides is 3. The van der Waals surface area contributed by atoms with E-state index < -0.39 is 48.1 Å². The van der Waals surface area contributed by atoms with Crippen molar-refractivity contribution in [3.63, 3.8) is 0 Å². The predicted molar refractivity (Wildman–Crippen MR) is 132 cm³/mol. The average molecular weight is 523 g/mol. The number of hydrogen-bond acceptors (Lipinski definition) is 6. The van der Waals surface area contributed by atoms with Gasteiger partial charge >= 0.3 is 5.97 Å². The Hall–Kier alpha value is -4.54. The van der Waals surface area contributed by atoms with Gasteiger partial charge in [-0.25, -0.2) is 4.39 Å². The fourth-order valence-corrected chi connectivity index (χ4v) is 4.49. The molecule has 3 aromatic rings. The molecule has 2 heterocycles. The van der Waals surface area contributed by atoms with Gasteiger partial charge in [0.25, 0.3) is 17.7 Å². The van der Waals surface area contributed by atoms with Crippen LogP contribution in [0, 0.1) is 19.7 Å². The standard InChI is InChI=1S/C27H27FN4O6/c1-16-6-3-7-18(12-16)21(15-23(33)34)29-24(35)25-31(26(36)19-8-4-9-20(28)14-19)10-5-11-32(25)27(37)22-13-17(2)38-30-22/h3-4,6-9,12-14,21,25H,5,10-11,15H2,1-2H3,(H,29,35)(H,33,34). The number of benzene rings is 2. The van der Waals surface area contributed by atoms with Crippen LogP contribution in [0.4, 0.5) is 4.39 Å². The molecule has 3 amide bonds. The van der Waals surface area contributed by atoms with Crippen LogP contribution in [0.5, 0.6) is 0 Å². The fourth-order valence-electron chi connectivity index (χ4n) is 4.49. The molecule has 0 aliphatic carbocycles. The molecule has 1 fully saturated rings. The first kappa shape index (κ1) is 26.5. The number of halogens is 1. The molecule has 2 N–H and O–H groups in total. The van der Waals surface area contributed by atoms with E-state index in [0.29, 0.717) is 17.7 Å². The Bertz CT molecular complexity index is 1370. The number of nitrogens with one attached hydrogen (secondary N) is 1. The maximum atomic E-state index is 13.9. The normalized spacial score (nSPS) is 16.1. The molecule has 0 saturated carbocycles. The minimum Gasteiger partial charge on any atom is -0.481 e. The topological polar surface area (TPSA) is 133 Å². The van der Waals surface area contributed by atoms with Gasteiger partial charge in [-0.05, 0) is 44.0 Å². The van der Waals surface area contributed by atoms with Gasteiger partial charge in [0.05, 0.1) is 12.5 Å². The first-order valence-corrected chi connectivity index (χ1v) is 12.0. The maximum Gasteiger partial charge on any atom is 0.305 e. The van der Waals surface area contributed by atoms with Crippen LogP contribution >= 0.6 is 0 Å². The summed E-state index contributed by atoms with van der Waals surface area (Å²) in [5.41, 5.74) is 1.40. The first-order chi connectivity index (χ1) is 18.1. The molecule has 10 nitrogen and oxygen atoms in total. The van der Waals surface area contributed by atoms with Crippen molar-refractivity contribution in [3.05, 3.63) is 88.6 Å². The maximum absolute atomic E-state index is 13.9. The van der Waals surface area contributed by atoms with E-state index in [-0.39, 0.29) is 24.3 Å². The third kappa shape index (κ3) is 5.88. The minimum atomic E-state index is -1.44. The third-order valence-electron chi connectivity index (χ3n) is 6.20. The molecule has 0 radical (unpaired) electrons. The molecule has 1 saturated heterocycles. The lowest BCUT2D eigenvalue weighted by atomic mass is 10.0. The van der Waals surface area contributed by atoms with Crippen LogP contribution < -0.4 is 5.32 Å². The van der Waals surface area contributed by atoms with E-state index in [1.807, 2.05) is 13.0 Å². The average Bonchev–Trinajstić information content (AvgIpc) is 3.33. The molecule has 2 unspecified atom stereocenters. The van der Waals surface area contributed by atoms with Crippen LogP contribution in [-0.4, -0.2) is 63.0 Å². The van der Waals surface area contributed by atoms with E-state index in [9.17, 15) is 28.7 Å². The molecule has 1 aromatic heterocycles. The van der Waals surface area contributed by atoms with E-state index >= 15 is 0 Å². The van der Waals surface area contributed by atoms with Crippen molar-refractivity contribution in [2.75, 3.05) is 13.1 Å². The summed E-state index contributed by atoms with van der Waals surface area (Å²) < 4.78 is 18.9. The zero-order chi connectivity index (χ0) is 27.4. The van der Waals surface area contributed by atoms with Gasteiger partial charge in [0.2, 0.25) is 0 Å². The molecular weight excluding hydrogens is 495 g/mol. The second-order valence-electron chi connectivity index (χ2n) is 9.13. The summed E-state index contributed by atoms with van der Waals surface area (Å²) in [6.45, 7) is 3.69. The highest BCUT2D eigenvalue weighted by molar-refractivity contribution is 6.01. The number of carboxylic acids is 1. The summed E-state index contributed by atoms with van der Waals surface area (Å²) in [4.78, 5) is 54.7. The fraction of sp³-hybridized carbons (Fsp3) is 0.296. The second kappa shape index (κ2) is 11.2. The Morgan fingerprint density at radius 1 is 1.05 bits per heavy atom. The van der Waals surface area contributed by atoms with Crippen molar-refractivity contribution >= 4 is 23.7 Å². The van der Waals surface area contributed by atoms with Gasteiger partial charge in [-0.3, -0.25) is 19.2 Å². The van der Waals surface area contributed by atoms with Gasteiger partial charge in [-0.1, -0.05) is 41.1 Å². The second-order valence-corrected chi connectivity index (χ2v) is 9.13. The Morgan fingerprint density at radius 3 is 2.39 bits per heavy atom. The van der Waals surface area contributed by atoms with E-state index in [4.69, 9.17) is 4.52 Å². The molecule has 38 heavy (non-hydrogen) atoms. The van der Waals surface area contributed by atoms with Crippen molar-refractivity contribution in [2.24, 2.45) is 0 Å². The summed E-state index contributed by atoms with van der Waals surface area (Å²) in [5, 5.41) is 16.0. The van der Waals surface area contributed by atoms with Gasteiger partial charge in [-0.2, -0.15) is 0 Å². The zero-order valence-corrected chi connectivity index (χ0v) is 20.9. The molecule has 198 valence electrons. The molecule has 1 aliphatic rings. The van der Waals surface area contributed by atoms with Gasteiger partial charge in [0, 0.05) is 24.7 Å². The van der Waals surface area contributed by atoms with Crippen LogP contribution in [0.3, 0.4) is 0 Å². The molecular formula is C27H27FN4O6. The molecule has 4 rings (SSSR count). The van der Waals surface area contributed by atoms with E-state index in [1.165, 1.54) is 34.1 Å². The van der Waals surface area contributed by atoms with Crippen molar-refractivity contribution in [2.45, 2.75) is 38.9 Å². The van der Waals surface area contributed by atoms with Gasteiger partial charge in [0.15, 0.2) is 11.9 Å². The van der Waals surface area contributed by atoms with Crippen LogP contribution in [0.25, 0.3) is 0 Å². The summed E-state index contributed by atoms with van der Waals surface area (Å²) in [6.07, 6.45) is -1.51. The lowest BCUT2D eigenvalue weighted by Gasteiger charge is -2.42. The summed E-state index contributed by atoms with van der Waals surface area (Å²) >= 11 is 0. The number of rotatable bonds is 7. The molecule has 0 spiro atoms. The van der Waals surface area contributed by atoms with Crippen LogP contribution in [-0.2, 0) is 9.59 Å². The van der Waals surface area contributed by atoms with Crippen molar-refractivity contribution in [3.8, 4) is 0 Å². The monoisotopic (exact) mass is 522 g/mol. The highest BCUT2D eigenvalue weighted by atomic mass is 19.1. The predicted octanol–water partition coefficient (Wildman–Crippen LogP) is 3.08. The largest absolute Gasteiger partial charge is 0.481 e. The van der Waals surface area contributed by atoms with E-state index in [2.05, 4.69) is 10.5 Å². The molecule has 2 aromatic carbocycles. The van der Waals surface area contributed by atoms with Crippen molar-refractivity contribution in [1.82, 2.24) is 20.3 Å². The Balaban J connectivity index is 1.71. The van der Waals surface area contributed by atoms with Gasteiger partial charge < -0.3 is 24.7 Å². The van der Waals surface area contributed by atoms with E-state index in [1.54, 1.807) is 25.1 Å². The molecule has 0 bridgehead atoms. The minimum absolute atomic E-state index is 0.00940. The number of carbonyl (C=O) groups is 4. The number of nitrogens with zero attached hydrogens (tertiary/aromatic N) is 3. The number of aryl methyl sites for hydroxylation is 2. The van der Waals surface area contributed by atoms with Gasteiger partial charge in [-0.15, -0.1) is 0 Å². The quantitative estimate of drug-likeness (QED) is 0.487. The lowest BCUT2D eigenvalue weighted by molar-refractivity contribution is -0.138. The summed E-state index contributed by atoms with van der Waals surface area (Å²) in [7, 11) is 0. The zero-order valence-electron chi connectivity index (χ0n) is 20.9. The smallest absolute Gasteiger partial charge is 0.305 e. The highest BCUT2D eigenvalue weighted by Gasteiger charge is 2.42. The number of aliphatic carboxylic acids is 1. The Morgan fingerprint density at radius 2 is 1.76 bits per heavy atom. The highest BCUT2D eigenvalue weighted by Crippen LogP contribution is 2.24. The SMILES string of the molecule is Cc1cccc(C(CC(=O)O)NC(=O)C2N(C(=O)c3cccc(F)c3)CCCN2C(=O)c2cc(C)on2)c1. The first-order valence-electron chi connectivity index (χ1n) is 12.0. The Labute approximate surface area is 218 Å². The number of carboxylic acid groups (broad SMARTS) is 1. The Kier molecular flexibility index (Phi) is 7.85. The lowest BCUT2D eigenvalue weighted by Crippen LogP contribution is -2.63. The van der Waals surface area contributed by atoms with Crippen LogP contribution in [0.1, 0.15) is 56.6 Å². The van der Waals surface area contributed by atoms with Crippen LogP contribution in [0.15, 0.2) is 59.1 Å².